The Balaban J connectivity index is 1.79. The van der Waals surface area contributed by atoms with Crippen molar-refractivity contribution in [3.63, 3.8) is 0 Å². The number of carbonyl (C=O) groups excluding carboxylic acids is 1. The second kappa shape index (κ2) is 5.60. The van der Waals surface area contributed by atoms with Crippen LogP contribution in [0.3, 0.4) is 0 Å². The largest absolute Gasteiger partial charge is 0.356 e. The lowest BCUT2D eigenvalue weighted by Crippen LogP contribution is -2.15. The van der Waals surface area contributed by atoms with Crippen molar-refractivity contribution in [3.05, 3.63) is 52.8 Å². The second-order valence-electron chi connectivity index (χ2n) is 5.51. The van der Waals surface area contributed by atoms with Crippen molar-refractivity contribution in [1.82, 2.24) is 10.1 Å². The number of aryl methyl sites for hydroxylation is 3. The third-order valence-corrected chi connectivity index (χ3v) is 3.67. The van der Waals surface area contributed by atoms with Gasteiger partial charge in [0, 0.05) is 11.6 Å². The summed E-state index contributed by atoms with van der Waals surface area (Å²) >= 11 is 0. The predicted molar refractivity (Wildman–Crippen MR) is 84.8 cm³/mol. The van der Waals surface area contributed by atoms with Crippen LogP contribution in [-0.2, 0) is 11.2 Å². The van der Waals surface area contributed by atoms with E-state index in [-0.39, 0.29) is 12.3 Å². The van der Waals surface area contributed by atoms with Crippen LogP contribution in [0, 0.1) is 20.8 Å². The number of hydrogen-bond acceptors (Lipinski definition) is 4. The van der Waals surface area contributed by atoms with Gasteiger partial charge in [-0.3, -0.25) is 4.79 Å². The first-order valence-corrected chi connectivity index (χ1v) is 7.11. The highest BCUT2D eigenvalue weighted by molar-refractivity contribution is 5.94. The van der Waals surface area contributed by atoms with Crippen LogP contribution in [0.25, 0.3) is 11.0 Å². The predicted octanol–water partition coefficient (Wildman–Crippen LogP) is 3.33. The molecule has 112 valence electrons. The maximum atomic E-state index is 12.1. The van der Waals surface area contributed by atoms with Crippen molar-refractivity contribution >= 4 is 22.7 Å². The van der Waals surface area contributed by atoms with Crippen LogP contribution in [0.2, 0.25) is 0 Å². The van der Waals surface area contributed by atoms with Crippen molar-refractivity contribution in [2.24, 2.45) is 0 Å². The minimum atomic E-state index is -0.162. The molecule has 0 saturated heterocycles. The average molecular weight is 295 g/mol. The number of pyridine rings is 1. The lowest BCUT2D eigenvalue weighted by molar-refractivity contribution is -0.115. The van der Waals surface area contributed by atoms with Gasteiger partial charge in [0.25, 0.3) is 0 Å². The number of fused-ring (bicyclic) bond motifs is 1. The normalized spacial score (nSPS) is 10.9. The molecule has 0 radical (unpaired) electrons. The minimum absolute atomic E-state index is 0.158. The van der Waals surface area contributed by atoms with Gasteiger partial charge in [-0.1, -0.05) is 11.2 Å². The molecule has 0 aliphatic heterocycles. The molecule has 0 bridgehead atoms. The Morgan fingerprint density at radius 3 is 2.68 bits per heavy atom. The molecule has 0 unspecified atom stereocenters. The molecular weight excluding hydrogens is 278 g/mol. The van der Waals surface area contributed by atoms with Gasteiger partial charge in [0.2, 0.25) is 5.91 Å². The van der Waals surface area contributed by atoms with Gasteiger partial charge in [0.1, 0.15) is 11.5 Å². The standard InChI is InChI=1S/C17H17N3O2/c1-10-4-5-16(18-9-10)19-17(21)8-14-13-6-11(2)12(3)7-15(13)22-20-14/h4-7,9H,8H2,1-3H3,(H,18,19,21). The van der Waals surface area contributed by atoms with Gasteiger partial charge in [-0.2, -0.15) is 0 Å². The Hall–Kier alpha value is -2.69. The Kier molecular flexibility index (Phi) is 3.63. The van der Waals surface area contributed by atoms with E-state index in [1.807, 2.05) is 39.0 Å². The van der Waals surface area contributed by atoms with E-state index >= 15 is 0 Å². The van der Waals surface area contributed by atoms with Crippen molar-refractivity contribution in [2.45, 2.75) is 27.2 Å². The summed E-state index contributed by atoms with van der Waals surface area (Å²) in [5, 5.41) is 7.67. The van der Waals surface area contributed by atoms with Gasteiger partial charge < -0.3 is 9.84 Å². The molecule has 1 aromatic carbocycles. The van der Waals surface area contributed by atoms with Crippen LogP contribution in [0.15, 0.2) is 35.0 Å². The van der Waals surface area contributed by atoms with Crippen molar-refractivity contribution in [3.8, 4) is 0 Å². The van der Waals surface area contributed by atoms with Crippen LogP contribution < -0.4 is 5.32 Å². The summed E-state index contributed by atoms with van der Waals surface area (Å²) in [4.78, 5) is 16.3. The SMILES string of the molecule is Cc1ccc(NC(=O)Cc2noc3cc(C)c(C)cc23)nc1. The number of nitrogens with one attached hydrogen (secondary N) is 1. The number of benzene rings is 1. The van der Waals surface area contributed by atoms with Gasteiger partial charge in [0.15, 0.2) is 5.58 Å². The summed E-state index contributed by atoms with van der Waals surface area (Å²) in [6.07, 6.45) is 1.87. The fourth-order valence-electron chi connectivity index (χ4n) is 2.25. The van der Waals surface area contributed by atoms with E-state index in [0.717, 1.165) is 22.1 Å². The molecule has 0 aliphatic rings. The highest BCUT2D eigenvalue weighted by atomic mass is 16.5. The molecule has 3 aromatic rings. The first kappa shape index (κ1) is 14.3. The van der Waals surface area contributed by atoms with Crippen molar-refractivity contribution in [1.29, 1.82) is 0 Å². The van der Waals surface area contributed by atoms with Crippen molar-refractivity contribution < 1.29 is 9.32 Å². The zero-order valence-corrected chi connectivity index (χ0v) is 12.8. The monoisotopic (exact) mass is 295 g/mol. The topological polar surface area (TPSA) is 68.0 Å². The molecule has 2 heterocycles. The maximum absolute atomic E-state index is 12.1. The molecule has 0 fully saturated rings. The first-order valence-electron chi connectivity index (χ1n) is 7.11. The third kappa shape index (κ3) is 2.83. The number of amides is 1. The first-order chi connectivity index (χ1) is 10.5. The van der Waals surface area contributed by atoms with Gasteiger partial charge in [-0.25, -0.2) is 4.98 Å². The molecule has 5 heteroatoms. The third-order valence-electron chi connectivity index (χ3n) is 3.67. The number of anilines is 1. The Morgan fingerprint density at radius 1 is 1.18 bits per heavy atom. The molecule has 0 aliphatic carbocycles. The number of carbonyl (C=O) groups is 1. The molecule has 2 aromatic heterocycles. The number of hydrogen-bond donors (Lipinski definition) is 1. The highest BCUT2D eigenvalue weighted by Gasteiger charge is 2.14. The van der Waals surface area contributed by atoms with E-state index in [4.69, 9.17) is 4.52 Å². The smallest absolute Gasteiger partial charge is 0.231 e. The fraction of sp³-hybridized carbons (Fsp3) is 0.235. The van der Waals surface area contributed by atoms with E-state index in [1.165, 1.54) is 0 Å². The van der Waals surface area contributed by atoms with Crippen LogP contribution in [-0.4, -0.2) is 16.0 Å². The van der Waals surface area contributed by atoms with E-state index in [0.29, 0.717) is 17.1 Å². The van der Waals surface area contributed by atoms with Crippen molar-refractivity contribution in [2.75, 3.05) is 5.32 Å². The molecule has 5 nitrogen and oxygen atoms in total. The summed E-state index contributed by atoms with van der Waals surface area (Å²) in [6.45, 7) is 6.00. The fourth-order valence-corrected chi connectivity index (χ4v) is 2.25. The molecule has 3 rings (SSSR count). The Morgan fingerprint density at radius 2 is 1.95 bits per heavy atom. The van der Waals surface area contributed by atoms with Gasteiger partial charge >= 0.3 is 0 Å². The van der Waals surface area contributed by atoms with Gasteiger partial charge in [-0.15, -0.1) is 0 Å². The molecule has 1 amide bonds. The van der Waals surface area contributed by atoms with E-state index < -0.39 is 0 Å². The van der Waals surface area contributed by atoms with Crippen LogP contribution in [0.4, 0.5) is 5.82 Å². The lowest BCUT2D eigenvalue weighted by Gasteiger charge is -2.03. The van der Waals surface area contributed by atoms with Crippen LogP contribution in [0.5, 0.6) is 0 Å². The highest BCUT2D eigenvalue weighted by Crippen LogP contribution is 2.23. The average Bonchev–Trinajstić information content (AvgIpc) is 2.84. The molecule has 0 atom stereocenters. The Labute approximate surface area is 128 Å². The van der Waals surface area contributed by atoms with E-state index in [9.17, 15) is 4.79 Å². The molecule has 0 spiro atoms. The number of aromatic nitrogens is 2. The van der Waals surface area contributed by atoms with E-state index in [2.05, 4.69) is 15.5 Å². The van der Waals surface area contributed by atoms with Crippen LogP contribution >= 0.6 is 0 Å². The second-order valence-corrected chi connectivity index (χ2v) is 5.51. The van der Waals surface area contributed by atoms with Crippen LogP contribution in [0.1, 0.15) is 22.4 Å². The molecule has 22 heavy (non-hydrogen) atoms. The van der Waals surface area contributed by atoms with Gasteiger partial charge in [0.05, 0.1) is 6.42 Å². The van der Waals surface area contributed by atoms with E-state index in [1.54, 1.807) is 12.3 Å². The molecule has 0 saturated carbocycles. The minimum Gasteiger partial charge on any atom is -0.356 e. The summed E-state index contributed by atoms with van der Waals surface area (Å²) in [5.74, 6) is 0.375. The summed E-state index contributed by atoms with van der Waals surface area (Å²) in [5.41, 5.74) is 4.69. The zero-order valence-electron chi connectivity index (χ0n) is 12.8. The number of rotatable bonds is 3. The molecular formula is C17H17N3O2. The molecule has 1 N–H and O–H groups in total. The maximum Gasteiger partial charge on any atom is 0.231 e. The zero-order chi connectivity index (χ0) is 15.7. The Bertz CT molecular complexity index is 835. The van der Waals surface area contributed by atoms with Gasteiger partial charge in [-0.05, 0) is 55.7 Å². The summed E-state index contributed by atoms with van der Waals surface area (Å²) in [7, 11) is 0. The number of nitrogens with zero attached hydrogens (tertiary/aromatic N) is 2. The summed E-state index contributed by atoms with van der Waals surface area (Å²) < 4.78 is 5.31. The lowest BCUT2D eigenvalue weighted by atomic mass is 10.1. The quantitative estimate of drug-likeness (QED) is 0.804. The summed E-state index contributed by atoms with van der Waals surface area (Å²) in [6, 6.07) is 7.64.